The molecule has 1 aromatic carbocycles. The normalized spacial score (nSPS) is 25.1. The van der Waals surface area contributed by atoms with Gasteiger partial charge in [-0.15, -0.1) is 0 Å². The van der Waals surface area contributed by atoms with Crippen molar-refractivity contribution < 1.29 is 20.5 Å². The Morgan fingerprint density at radius 2 is 2.38 bits per heavy atom. The first-order valence-electron chi connectivity index (χ1n) is 10.5. The summed E-state index contributed by atoms with van der Waals surface area (Å²) in [5.41, 5.74) is -0.266. The molecule has 0 bridgehead atoms. The van der Waals surface area contributed by atoms with E-state index < -0.39 is 48.7 Å². The molecule has 21 heavy (non-hydrogen) atoms. The second-order valence-corrected chi connectivity index (χ2v) is 4.90. The van der Waals surface area contributed by atoms with Gasteiger partial charge in [0, 0.05) is 29.1 Å². The van der Waals surface area contributed by atoms with Crippen molar-refractivity contribution in [2.75, 3.05) is 27.2 Å². The number of fused-ring (bicyclic) bond motifs is 1. The van der Waals surface area contributed by atoms with Crippen LogP contribution in [0.1, 0.15) is 22.1 Å². The van der Waals surface area contributed by atoms with Crippen molar-refractivity contribution in [1.29, 1.82) is 0 Å². The molecule has 0 radical (unpaired) electrons. The molecule has 1 aliphatic heterocycles. The number of rotatable bonds is 5. The zero-order valence-electron chi connectivity index (χ0n) is 19.8. The van der Waals surface area contributed by atoms with Crippen LogP contribution in [0.5, 0.6) is 0 Å². The number of ether oxygens (including phenoxy) is 1. The second kappa shape index (κ2) is 5.77. The van der Waals surface area contributed by atoms with Gasteiger partial charge in [-0.3, -0.25) is 0 Å². The lowest BCUT2D eigenvalue weighted by atomic mass is 10.0. The molecule has 0 aliphatic carbocycles. The number of amides is 1. The topological polar surface area (TPSA) is 57.4 Å². The summed E-state index contributed by atoms with van der Waals surface area (Å²) in [4.78, 5) is 15.3. The third kappa shape index (κ3) is 3.19. The Kier molecular flexibility index (Phi) is 2.01. The summed E-state index contributed by atoms with van der Waals surface area (Å²) in [7, 11) is 3.06. The monoisotopic (exact) mass is 295 g/mol. The average molecular weight is 295 g/mol. The van der Waals surface area contributed by atoms with Gasteiger partial charge in [0.25, 0.3) is 0 Å². The summed E-state index contributed by atoms with van der Waals surface area (Å²) < 4.78 is 71.2. The fraction of sp³-hybridized carbons (Fsp3) is 0.438. The highest BCUT2D eigenvalue weighted by atomic mass is 16.6. The van der Waals surface area contributed by atoms with Crippen molar-refractivity contribution in [2.24, 2.45) is 0 Å². The molecule has 1 amide bonds. The maximum Gasteiger partial charge on any atom is 0.407 e. The summed E-state index contributed by atoms with van der Waals surface area (Å²) in [5, 5.41) is 2.35. The van der Waals surface area contributed by atoms with Gasteiger partial charge in [0.1, 0.15) is 6.61 Å². The molecule has 5 nitrogen and oxygen atoms in total. The van der Waals surface area contributed by atoms with Crippen LogP contribution >= 0.6 is 0 Å². The maximum absolute atomic E-state index is 11.4. The van der Waals surface area contributed by atoms with E-state index >= 15 is 0 Å². The average Bonchev–Trinajstić information content (AvgIpc) is 3.17. The van der Waals surface area contributed by atoms with Gasteiger partial charge in [-0.05, 0) is 50.1 Å². The molecule has 2 N–H and O–H groups in total. The number of H-pyrrole nitrogens is 1. The number of carbonyl (C=O) groups is 1. The third-order valence-electron chi connectivity index (χ3n) is 3.02. The molecule has 1 aromatic heterocycles. The zero-order chi connectivity index (χ0) is 21.9. The van der Waals surface area contributed by atoms with Crippen LogP contribution in [-0.4, -0.2) is 49.2 Å². The predicted molar refractivity (Wildman–Crippen MR) is 82.5 cm³/mol. The Bertz CT molecular complexity index is 989. The van der Waals surface area contributed by atoms with Gasteiger partial charge in [0.15, 0.2) is 0 Å². The van der Waals surface area contributed by atoms with Crippen LogP contribution < -0.4 is 5.32 Å². The molecule has 1 fully saturated rings. The van der Waals surface area contributed by atoms with Crippen LogP contribution in [0.15, 0.2) is 24.3 Å². The first kappa shape index (κ1) is 7.31. The van der Waals surface area contributed by atoms with E-state index in [0.717, 1.165) is 0 Å². The van der Waals surface area contributed by atoms with Crippen LogP contribution in [0.4, 0.5) is 4.79 Å². The lowest BCUT2D eigenvalue weighted by molar-refractivity contribution is 0.177. The zero-order valence-corrected chi connectivity index (χ0v) is 11.8. The van der Waals surface area contributed by atoms with Crippen LogP contribution in [0.3, 0.4) is 0 Å². The molecule has 2 aromatic rings. The van der Waals surface area contributed by atoms with Crippen LogP contribution in [0, 0.1) is 0 Å². The molecule has 0 saturated carbocycles. The van der Waals surface area contributed by atoms with Gasteiger partial charge in [-0.1, -0.05) is 6.04 Å². The Balaban J connectivity index is 2.25. The highest BCUT2D eigenvalue weighted by Crippen LogP contribution is 2.21. The number of cyclic esters (lactones) is 1. The smallest absolute Gasteiger partial charge is 0.407 e. The highest BCUT2D eigenvalue weighted by molar-refractivity contribution is 5.84. The van der Waals surface area contributed by atoms with Crippen LogP contribution in [0.25, 0.3) is 10.9 Å². The van der Waals surface area contributed by atoms with E-state index in [-0.39, 0.29) is 35.7 Å². The number of nitrogens with one attached hydrogen (secondary N) is 2. The number of alkyl carbamates (subject to hydrolysis) is 1. The quantitative estimate of drug-likeness (QED) is 0.886. The third-order valence-corrected chi connectivity index (χ3v) is 3.02. The molecule has 5 heteroatoms. The molecule has 1 atom stereocenters. The number of likely N-dealkylation sites (N-methyl/N-ethyl adjacent to an activating group) is 1. The maximum atomic E-state index is 11.4. The number of aryl methyl sites for hydroxylation is 1. The Hall–Kier alpha value is -2.01. The second-order valence-electron chi connectivity index (χ2n) is 4.90. The number of aromatic amines is 1. The van der Waals surface area contributed by atoms with Gasteiger partial charge in [0.2, 0.25) is 0 Å². The van der Waals surface area contributed by atoms with Gasteiger partial charge in [0.05, 0.1) is 11.5 Å². The standard InChI is InChI=1S/C16H21N3O2/c1-19(2)6-5-12-9-17-15-4-3-11(8-14(12)15)7-13-10-21-16(20)18-13/h3-4,8-9,13,17H,5-7,10H2,1-2H3,(H,18,20)/t13-/m0/s1/i3D,4D,6D2,7D2,8D,9D. The molecule has 0 unspecified atom stereocenters. The van der Waals surface area contributed by atoms with E-state index in [0.29, 0.717) is 0 Å². The number of nitrogens with zero attached hydrogens (tertiary/aromatic N) is 1. The summed E-state index contributed by atoms with van der Waals surface area (Å²) in [6, 6.07) is -2.49. The Morgan fingerprint density at radius 3 is 3.10 bits per heavy atom. The Morgan fingerprint density at radius 1 is 1.52 bits per heavy atom. The Labute approximate surface area is 135 Å². The lowest BCUT2D eigenvalue weighted by Crippen LogP contribution is -2.28. The molecular formula is C16H21N3O2. The summed E-state index contributed by atoms with van der Waals surface area (Å²) in [6.07, 6.45) is -3.66. The number of aromatic nitrogens is 1. The van der Waals surface area contributed by atoms with E-state index in [4.69, 9.17) is 15.7 Å². The fourth-order valence-corrected chi connectivity index (χ4v) is 2.01. The van der Waals surface area contributed by atoms with E-state index in [1.54, 1.807) is 0 Å². The molecular weight excluding hydrogens is 266 g/mol. The van der Waals surface area contributed by atoms with E-state index in [9.17, 15) is 4.79 Å². The van der Waals surface area contributed by atoms with E-state index in [1.807, 2.05) is 0 Å². The van der Waals surface area contributed by atoms with Crippen molar-refractivity contribution in [3.05, 3.63) is 35.4 Å². The number of carbonyl (C=O) groups excluding carboxylic acids is 1. The SMILES string of the molecule is [2H]c1[nH]c2c([2H])c([2H])c(C([2H])([2H])[C@H]3COC(=O)N3)c([2H])c2c1CC([2H])([2H])N(C)C. The first-order valence-corrected chi connectivity index (χ1v) is 6.51. The fourth-order valence-electron chi connectivity index (χ4n) is 2.01. The summed E-state index contributed by atoms with van der Waals surface area (Å²) in [6.45, 7) is -2.14. The largest absolute Gasteiger partial charge is 0.447 e. The lowest BCUT2D eigenvalue weighted by Gasteiger charge is -2.09. The molecule has 0 spiro atoms. The van der Waals surface area contributed by atoms with Gasteiger partial charge < -0.3 is 19.9 Å². The van der Waals surface area contributed by atoms with Crippen molar-refractivity contribution in [3.63, 3.8) is 0 Å². The van der Waals surface area contributed by atoms with E-state index in [2.05, 4.69) is 10.3 Å². The minimum Gasteiger partial charge on any atom is -0.447 e. The molecule has 2 heterocycles. The number of hydrogen-bond acceptors (Lipinski definition) is 3. The van der Waals surface area contributed by atoms with Gasteiger partial charge >= 0.3 is 6.09 Å². The number of benzene rings is 1. The molecule has 1 aliphatic rings. The first-order chi connectivity index (χ1) is 13.3. The van der Waals surface area contributed by atoms with Crippen molar-refractivity contribution in [2.45, 2.75) is 18.8 Å². The van der Waals surface area contributed by atoms with Crippen molar-refractivity contribution in [1.82, 2.24) is 15.2 Å². The molecule has 3 rings (SSSR count). The van der Waals surface area contributed by atoms with Crippen LogP contribution in [0.2, 0.25) is 0 Å². The predicted octanol–water partition coefficient (Wildman–Crippen LogP) is 1.92. The van der Waals surface area contributed by atoms with Crippen molar-refractivity contribution >= 4 is 17.0 Å². The summed E-state index contributed by atoms with van der Waals surface area (Å²) >= 11 is 0. The molecule has 1 saturated heterocycles. The van der Waals surface area contributed by atoms with Crippen molar-refractivity contribution in [3.8, 4) is 0 Å². The van der Waals surface area contributed by atoms with Crippen LogP contribution in [-0.2, 0) is 17.5 Å². The molecule has 112 valence electrons. The van der Waals surface area contributed by atoms with Gasteiger partial charge in [-0.25, -0.2) is 4.79 Å². The minimum absolute atomic E-state index is 0.0146. The number of hydrogen-bond donors (Lipinski definition) is 2. The minimum atomic E-state index is -2.39. The summed E-state index contributed by atoms with van der Waals surface area (Å²) in [5.74, 6) is 0. The van der Waals surface area contributed by atoms with E-state index in [1.165, 1.54) is 19.0 Å². The highest BCUT2D eigenvalue weighted by Gasteiger charge is 2.22. The van der Waals surface area contributed by atoms with Gasteiger partial charge in [-0.2, -0.15) is 0 Å².